The molecule has 2 aliphatic heterocycles. The van der Waals surface area contributed by atoms with Crippen LogP contribution in [0, 0.1) is 5.92 Å². The molecule has 1 saturated carbocycles. The van der Waals surface area contributed by atoms with E-state index in [1.165, 1.54) is 18.5 Å². The fraction of sp³-hybridized carbons (Fsp3) is 0.647. The van der Waals surface area contributed by atoms with E-state index in [0.29, 0.717) is 12.0 Å². The summed E-state index contributed by atoms with van der Waals surface area (Å²) in [6, 6.07) is 8.42. The molecular weight excluding hydrogens is 270 g/mol. The second kappa shape index (κ2) is 4.42. The van der Waals surface area contributed by atoms with Crippen molar-refractivity contribution < 1.29 is 8.78 Å². The number of fused-ring (bicyclic) bond motifs is 1. The number of anilines is 1. The fourth-order valence-electron chi connectivity index (χ4n) is 4.24. The zero-order valence-electron chi connectivity index (χ0n) is 12.5. The summed E-state index contributed by atoms with van der Waals surface area (Å²) in [6.07, 6.45) is 1.27. The summed E-state index contributed by atoms with van der Waals surface area (Å²) in [5.41, 5.74) is 2.71. The van der Waals surface area contributed by atoms with Crippen LogP contribution in [0.5, 0.6) is 0 Å². The molecule has 0 aromatic heterocycles. The lowest BCUT2D eigenvalue weighted by Crippen LogP contribution is -2.26. The number of hydrogen-bond acceptors (Lipinski definition) is 2. The number of alkyl halides is 2. The molecule has 3 fully saturated rings. The zero-order valence-corrected chi connectivity index (χ0v) is 12.5. The van der Waals surface area contributed by atoms with Gasteiger partial charge in [-0.2, -0.15) is 0 Å². The van der Waals surface area contributed by atoms with Gasteiger partial charge in [-0.3, -0.25) is 0 Å². The van der Waals surface area contributed by atoms with Crippen LogP contribution >= 0.6 is 0 Å². The first kappa shape index (κ1) is 13.5. The lowest BCUT2D eigenvalue weighted by atomic mass is 9.95. The van der Waals surface area contributed by atoms with Crippen molar-refractivity contribution in [3.8, 4) is 0 Å². The molecule has 4 rings (SSSR count). The van der Waals surface area contributed by atoms with Crippen LogP contribution in [0.15, 0.2) is 24.3 Å². The molecular formula is C17H22F2N2. The van der Waals surface area contributed by atoms with E-state index in [1.54, 1.807) is 4.90 Å². The van der Waals surface area contributed by atoms with Crippen LogP contribution in [0.4, 0.5) is 14.5 Å². The maximum absolute atomic E-state index is 13.3. The molecule has 2 saturated heterocycles. The highest BCUT2D eigenvalue weighted by Crippen LogP contribution is 2.59. The second-order valence-electron chi connectivity index (χ2n) is 6.96. The number of nitrogens with zero attached hydrogens (tertiary/aromatic N) is 2. The fourth-order valence-corrected chi connectivity index (χ4v) is 4.24. The summed E-state index contributed by atoms with van der Waals surface area (Å²) in [7, 11) is 0. The lowest BCUT2D eigenvalue weighted by Gasteiger charge is -2.21. The van der Waals surface area contributed by atoms with Crippen LogP contribution in [0.3, 0.4) is 0 Å². The van der Waals surface area contributed by atoms with Gasteiger partial charge in [0, 0.05) is 37.2 Å². The molecule has 4 heteroatoms. The van der Waals surface area contributed by atoms with E-state index in [0.717, 1.165) is 24.7 Å². The topological polar surface area (TPSA) is 6.48 Å². The van der Waals surface area contributed by atoms with Crippen molar-refractivity contribution >= 4 is 5.69 Å². The number of hydrogen-bond donors (Lipinski definition) is 0. The molecule has 2 nitrogen and oxygen atoms in total. The van der Waals surface area contributed by atoms with Gasteiger partial charge in [-0.15, -0.1) is 0 Å². The molecule has 1 aromatic carbocycles. The van der Waals surface area contributed by atoms with Crippen molar-refractivity contribution in [2.45, 2.75) is 31.1 Å². The van der Waals surface area contributed by atoms with Crippen molar-refractivity contribution in [1.29, 1.82) is 0 Å². The van der Waals surface area contributed by atoms with Crippen LogP contribution < -0.4 is 4.90 Å². The van der Waals surface area contributed by atoms with Gasteiger partial charge in [0.05, 0.1) is 6.54 Å². The molecule has 0 bridgehead atoms. The summed E-state index contributed by atoms with van der Waals surface area (Å²) in [4.78, 5) is 4.32. The lowest BCUT2D eigenvalue weighted by molar-refractivity contribution is 0.0257. The molecule has 21 heavy (non-hydrogen) atoms. The molecule has 3 aliphatic rings. The number of benzene rings is 1. The first-order valence-electron chi connectivity index (χ1n) is 7.98. The van der Waals surface area contributed by atoms with Gasteiger partial charge in [0.1, 0.15) is 0 Å². The van der Waals surface area contributed by atoms with Crippen molar-refractivity contribution in [3.63, 3.8) is 0 Å². The third kappa shape index (κ3) is 2.15. The summed E-state index contributed by atoms with van der Waals surface area (Å²) in [5, 5.41) is 0. The number of piperidine rings is 1. The molecule has 1 aromatic rings. The van der Waals surface area contributed by atoms with Gasteiger partial charge in [0.15, 0.2) is 0 Å². The van der Waals surface area contributed by atoms with Crippen molar-refractivity contribution in [2.75, 3.05) is 37.6 Å². The number of rotatable bonds is 3. The van der Waals surface area contributed by atoms with Crippen LogP contribution in [0.2, 0.25) is 0 Å². The van der Waals surface area contributed by atoms with Gasteiger partial charge in [-0.1, -0.05) is 19.1 Å². The first-order valence-corrected chi connectivity index (χ1v) is 7.98. The monoisotopic (exact) mass is 292 g/mol. The highest BCUT2D eigenvalue weighted by atomic mass is 19.3. The molecule has 114 valence electrons. The minimum absolute atomic E-state index is 0.0216. The third-order valence-electron chi connectivity index (χ3n) is 5.64. The Morgan fingerprint density at radius 3 is 2.52 bits per heavy atom. The second-order valence-corrected chi connectivity index (χ2v) is 6.96. The summed E-state index contributed by atoms with van der Waals surface area (Å²) in [6.45, 7) is 6.05. The van der Waals surface area contributed by atoms with E-state index in [1.807, 2.05) is 12.1 Å². The van der Waals surface area contributed by atoms with E-state index in [2.05, 4.69) is 24.0 Å². The normalized spacial score (nSPS) is 34.2. The highest BCUT2D eigenvalue weighted by Gasteiger charge is 2.60. The van der Waals surface area contributed by atoms with Crippen LogP contribution in [0.25, 0.3) is 0 Å². The molecule has 0 radical (unpaired) electrons. The average Bonchev–Trinajstić information content (AvgIpc) is 2.86. The van der Waals surface area contributed by atoms with Gasteiger partial charge in [-0.05, 0) is 36.6 Å². The molecule has 2 unspecified atom stereocenters. The van der Waals surface area contributed by atoms with E-state index >= 15 is 0 Å². The minimum Gasteiger partial charge on any atom is -0.365 e. The Morgan fingerprint density at radius 1 is 1.19 bits per heavy atom. The number of likely N-dealkylation sites (tertiary alicyclic amines) is 1. The maximum Gasteiger partial charge on any atom is 0.266 e. The number of likely N-dealkylation sites (N-methyl/N-ethyl adjacent to an activating group) is 1. The zero-order chi connectivity index (χ0) is 14.7. The van der Waals surface area contributed by atoms with Gasteiger partial charge >= 0.3 is 0 Å². The Hall–Kier alpha value is -1.16. The minimum atomic E-state index is -2.52. The molecule has 1 aliphatic carbocycles. The highest BCUT2D eigenvalue weighted by molar-refractivity contribution is 5.51. The quantitative estimate of drug-likeness (QED) is 0.844. The average molecular weight is 292 g/mol. The largest absolute Gasteiger partial charge is 0.365 e. The van der Waals surface area contributed by atoms with E-state index in [4.69, 9.17) is 0 Å². The first-order chi connectivity index (χ1) is 10.0. The molecule has 0 amide bonds. The third-order valence-corrected chi connectivity index (χ3v) is 5.64. The maximum atomic E-state index is 13.3. The number of halogens is 2. The van der Waals surface area contributed by atoms with Crippen molar-refractivity contribution in [2.24, 2.45) is 5.92 Å². The van der Waals surface area contributed by atoms with E-state index < -0.39 is 5.92 Å². The molecule has 0 N–H and O–H groups in total. The van der Waals surface area contributed by atoms with Crippen LogP contribution in [-0.4, -0.2) is 43.5 Å². The van der Waals surface area contributed by atoms with Crippen molar-refractivity contribution in [3.05, 3.63) is 29.8 Å². The predicted octanol–water partition coefficient (Wildman–Crippen LogP) is 3.13. The van der Waals surface area contributed by atoms with Crippen molar-refractivity contribution in [1.82, 2.24) is 4.90 Å². The Kier molecular flexibility index (Phi) is 2.84. The van der Waals surface area contributed by atoms with E-state index in [9.17, 15) is 8.78 Å². The summed E-state index contributed by atoms with van der Waals surface area (Å²) < 4.78 is 26.6. The molecule has 2 heterocycles. The van der Waals surface area contributed by atoms with Gasteiger partial charge in [0.25, 0.3) is 5.92 Å². The molecule has 0 spiro atoms. The summed E-state index contributed by atoms with van der Waals surface area (Å²) >= 11 is 0. The SMILES string of the molecule is CCN1CC2CC2(c2ccc(N3CCC(F)(F)C3)cc2)C1. The van der Waals surface area contributed by atoms with Gasteiger partial charge < -0.3 is 9.80 Å². The Morgan fingerprint density at radius 2 is 1.95 bits per heavy atom. The standard InChI is InChI=1S/C17H22F2N2/c1-2-20-10-14-9-16(14,11-20)13-3-5-15(6-4-13)21-8-7-17(18,19)12-21/h3-6,14H,2,7-12H2,1H3. The van der Waals surface area contributed by atoms with Crippen LogP contribution in [0.1, 0.15) is 25.3 Å². The van der Waals surface area contributed by atoms with E-state index in [-0.39, 0.29) is 13.0 Å². The smallest absolute Gasteiger partial charge is 0.266 e. The Balaban J connectivity index is 1.50. The Bertz CT molecular complexity index is 542. The predicted molar refractivity (Wildman–Crippen MR) is 80.1 cm³/mol. The van der Waals surface area contributed by atoms with Gasteiger partial charge in [-0.25, -0.2) is 8.78 Å². The molecule has 2 atom stereocenters. The van der Waals surface area contributed by atoms with Gasteiger partial charge in [0.2, 0.25) is 0 Å². The Labute approximate surface area is 124 Å². The summed E-state index contributed by atoms with van der Waals surface area (Å²) in [5.74, 6) is -1.72. The van der Waals surface area contributed by atoms with Crippen LogP contribution in [-0.2, 0) is 5.41 Å².